The molecular formula is C10H24N2O2S. The van der Waals surface area contributed by atoms with Gasteiger partial charge in [-0.15, -0.1) is 0 Å². The monoisotopic (exact) mass is 236 g/mol. The smallest absolute Gasteiger partial charge is 0.211 e. The van der Waals surface area contributed by atoms with Gasteiger partial charge in [-0.2, -0.15) is 0 Å². The molecule has 0 bridgehead atoms. The molecule has 0 rings (SSSR count). The predicted molar refractivity (Wildman–Crippen MR) is 64.4 cm³/mol. The van der Waals surface area contributed by atoms with Gasteiger partial charge in [0.1, 0.15) is 0 Å². The quantitative estimate of drug-likeness (QED) is 0.620. The number of sulfonamides is 1. The Kier molecular flexibility index (Phi) is 7.13. The van der Waals surface area contributed by atoms with Crippen molar-refractivity contribution in [3.63, 3.8) is 0 Å². The van der Waals surface area contributed by atoms with Crippen LogP contribution in [0.1, 0.15) is 40.5 Å². The first-order chi connectivity index (χ1) is 6.83. The van der Waals surface area contributed by atoms with Crippen LogP contribution in [0.4, 0.5) is 0 Å². The summed E-state index contributed by atoms with van der Waals surface area (Å²) in [7, 11) is -3.06. The molecule has 0 aliphatic carbocycles. The molecule has 0 aliphatic heterocycles. The van der Waals surface area contributed by atoms with Gasteiger partial charge in [0.25, 0.3) is 0 Å². The van der Waals surface area contributed by atoms with Crippen LogP contribution in [0.2, 0.25) is 0 Å². The first kappa shape index (κ1) is 14.9. The molecule has 0 heterocycles. The zero-order valence-electron chi connectivity index (χ0n) is 10.2. The summed E-state index contributed by atoms with van der Waals surface area (Å²) in [5, 5.41) is 3.26. The predicted octanol–water partition coefficient (Wildman–Crippen LogP) is 1.09. The average molecular weight is 236 g/mol. The van der Waals surface area contributed by atoms with Crippen LogP contribution in [0.15, 0.2) is 0 Å². The standard InChI is InChI=1S/C10H24N2O2S/c1-9(2)11-7-5-6-8-15(13,14)12-10(3)4/h9-12H,5-8H2,1-4H3. The largest absolute Gasteiger partial charge is 0.315 e. The van der Waals surface area contributed by atoms with E-state index in [0.29, 0.717) is 12.5 Å². The van der Waals surface area contributed by atoms with Gasteiger partial charge >= 0.3 is 0 Å². The highest BCUT2D eigenvalue weighted by molar-refractivity contribution is 7.89. The van der Waals surface area contributed by atoms with Crippen molar-refractivity contribution in [3.05, 3.63) is 0 Å². The molecule has 0 fully saturated rings. The molecule has 0 spiro atoms. The lowest BCUT2D eigenvalue weighted by Crippen LogP contribution is -2.32. The summed E-state index contributed by atoms with van der Waals surface area (Å²) in [6.45, 7) is 8.71. The molecule has 2 N–H and O–H groups in total. The summed E-state index contributed by atoms with van der Waals surface area (Å²) in [4.78, 5) is 0. The van der Waals surface area contributed by atoms with Crippen LogP contribution in [-0.4, -0.2) is 32.8 Å². The lowest BCUT2D eigenvalue weighted by molar-refractivity contribution is 0.550. The number of rotatable bonds is 8. The van der Waals surface area contributed by atoms with Gasteiger partial charge in [-0.3, -0.25) is 0 Å². The number of nitrogens with one attached hydrogen (secondary N) is 2. The molecule has 0 aromatic rings. The molecule has 0 saturated carbocycles. The van der Waals surface area contributed by atoms with Crippen LogP contribution < -0.4 is 10.0 Å². The lowest BCUT2D eigenvalue weighted by Gasteiger charge is -2.10. The van der Waals surface area contributed by atoms with E-state index >= 15 is 0 Å². The Bertz CT molecular complexity index is 248. The molecule has 0 amide bonds. The van der Waals surface area contributed by atoms with Gasteiger partial charge in [-0.1, -0.05) is 13.8 Å². The van der Waals surface area contributed by atoms with E-state index in [2.05, 4.69) is 23.9 Å². The molecule has 0 radical (unpaired) electrons. The van der Waals surface area contributed by atoms with Gasteiger partial charge in [0.2, 0.25) is 10.0 Å². The van der Waals surface area contributed by atoms with E-state index in [1.54, 1.807) is 0 Å². The van der Waals surface area contributed by atoms with E-state index in [9.17, 15) is 8.42 Å². The van der Waals surface area contributed by atoms with Crippen LogP contribution >= 0.6 is 0 Å². The minimum absolute atomic E-state index is 0.0104. The first-order valence-corrected chi connectivity index (χ1v) is 7.22. The third kappa shape index (κ3) is 10.2. The molecule has 92 valence electrons. The van der Waals surface area contributed by atoms with Crippen molar-refractivity contribution >= 4 is 10.0 Å². The Morgan fingerprint density at radius 3 is 2.07 bits per heavy atom. The maximum Gasteiger partial charge on any atom is 0.211 e. The SMILES string of the molecule is CC(C)NCCCCS(=O)(=O)NC(C)C. The summed E-state index contributed by atoms with van der Waals surface area (Å²) in [5.41, 5.74) is 0. The third-order valence-electron chi connectivity index (χ3n) is 1.81. The van der Waals surface area contributed by atoms with E-state index in [-0.39, 0.29) is 11.8 Å². The topological polar surface area (TPSA) is 58.2 Å². The van der Waals surface area contributed by atoms with E-state index in [1.807, 2.05) is 13.8 Å². The Labute approximate surface area is 93.9 Å². The first-order valence-electron chi connectivity index (χ1n) is 5.57. The highest BCUT2D eigenvalue weighted by atomic mass is 32.2. The van der Waals surface area contributed by atoms with Crippen molar-refractivity contribution in [3.8, 4) is 0 Å². The van der Waals surface area contributed by atoms with Gasteiger partial charge in [0.15, 0.2) is 0 Å². The maximum absolute atomic E-state index is 11.4. The van der Waals surface area contributed by atoms with Crippen LogP contribution in [0, 0.1) is 0 Å². The molecule has 15 heavy (non-hydrogen) atoms. The summed E-state index contributed by atoms with van der Waals surface area (Å²) in [5.74, 6) is 0.227. The van der Waals surface area contributed by atoms with Gasteiger partial charge in [0.05, 0.1) is 5.75 Å². The van der Waals surface area contributed by atoms with Crippen LogP contribution in [0.5, 0.6) is 0 Å². The second-order valence-electron chi connectivity index (χ2n) is 4.41. The molecule has 4 nitrogen and oxygen atoms in total. The Morgan fingerprint density at radius 1 is 1.00 bits per heavy atom. The summed E-state index contributed by atoms with van der Waals surface area (Å²) in [6, 6.07) is 0.458. The molecule has 5 heteroatoms. The fourth-order valence-electron chi connectivity index (χ4n) is 1.23. The van der Waals surface area contributed by atoms with Crippen molar-refractivity contribution < 1.29 is 8.42 Å². The van der Waals surface area contributed by atoms with Gasteiger partial charge in [0, 0.05) is 12.1 Å². The zero-order valence-corrected chi connectivity index (χ0v) is 11.0. The summed E-state index contributed by atoms with van der Waals surface area (Å²) >= 11 is 0. The summed E-state index contributed by atoms with van der Waals surface area (Å²) < 4.78 is 25.4. The van der Waals surface area contributed by atoms with Crippen LogP contribution in [-0.2, 0) is 10.0 Å². The highest BCUT2D eigenvalue weighted by Gasteiger charge is 2.10. The second kappa shape index (κ2) is 7.19. The highest BCUT2D eigenvalue weighted by Crippen LogP contribution is 1.95. The zero-order chi connectivity index (χ0) is 11.9. The summed E-state index contributed by atoms with van der Waals surface area (Å²) in [6.07, 6.45) is 1.61. The van der Waals surface area contributed by atoms with E-state index in [1.165, 1.54) is 0 Å². The van der Waals surface area contributed by atoms with Crippen molar-refractivity contribution in [1.29, 1.82) is 0 Å². The molecule has 0 aliphatic rings. The van der Waals surface area contributed by atoms with Gasteiger partial charge in [-0.25, -0.2) is 13.1 Å². The number of hydrogen-bond donors (Lipinski definition) is 2. The minimum Gasteiger partial charge on any atom is -0.315 e. The fourth-order valence-corrected chi connectivity index (χ4v) is 2.65. The normalized spacial score (nSPS) is 12.7. The van der Waals surface area contributed by atoms with Gasteiger partial charge < -0.3 is 5.32 Å². The minimum atomic E-state index is -3.06. The lowest BCUT2D eigenvalue weighted by atomic mass is 10.3. The fraction of sp³-hybridized carbons (Fsp3) is 1.00. The molecule has 0 saturated heterocycles. The van der Waals surface area contributed by atoms with Crippen LogP contribution in [0.3, 0.4) is 0 Å². The van der Waals surface area contributed by atoms with Crippen molar-refractivity contribution in [2.45, 2.75) is 52.6 Å². The van der Waals surface area contributed by atoms with E-state index < -0.39 is 10.0 Å². The second-order valence-corrected chi connectivity index (χ2v) is 6.28. The average Bonchev–Trinajstić information content (AvgIpc) is 1.99. The maximum atomic E-state index is 11.4. The van der Waals surface area contributed by atoms with Crippen molar-refractivity contribution in [1.82, 2.24) is 10.0 Å². The van der Waals surface area contributed by atoms with E-state index in [4.69, 9.17) is 0 Å². The Hall–Kier alpha value is -0.130. The number of unbranched alkanes of at least 4 members (excludes halogenated alkanes) is 1. The van der Waals surface area contributed by atoms with Crippen molar-refractivity contribution in [2.24, 2.45) is 0 Å². The molecule has 0 atom stereocenters. The molecule has 0 aromatic carbocycles. The third-order valence-corrected chi connectivity index (χ3v) is 3.46. The Balaban J connectivity index is 3.58. The van der Waals surface area contributed by atoms with Gasteiger partial charge in [-0.05, 0) is 33.2 Å². The molecule has 0 aromatic heterocycles. The van der Waals surface area contributed by atoms with Crippen LogP contribution in [0.25, 0.3) is 0 Å². The molecular weight excluding hydrogens is 212 g/mol. The van der Waals surface area contributed by atoms with E-state index in [0.717, 1.165) is 13.0 Å². The molecule has 0 unspecified atom stereocenters. The Morgan fingerprint density at radius 2 is 1.60 bits per heavy atom. The van der Waals surface area contributed by atoms with Crippen molar-refractivity contribution in [2.75, 3.05) is 12.3 Å². The number of hydrogen-bond acceptors (Lipinski definition) is 3.